The zero-order valence-electron chi connectivity index (χ0n) is 13.5. The van der Waals surface area contributed by atoms with Gasteiger partial charge >= 0.3 is 5.97 Å². The standard InChI is InChI=1S/C18H18FNO4S/c1-11-2-8-14(9-3-11)25(23,24)16-15(18(16,10-20)17(21)22)12-4-6-13(19)7-5-12/h2-9,15-16H,10,20H2,1H3,(H,21,22)/t15-,16+,18+/m0/s1. The summed E-state index contributed by atoms with van der Waals surface area (Å²) in [5, 5.41) is 8.51. The van der Waals surface area contributed by atoms with E-state index in [1.807, 2.05) is 6.92 Å². The largest absolute Gasteiger partial charge is 0.481 e. The summed E-state index contributed by atoms with van der Waals surface area (Å²) in [5.41, 5.74) is 5.44. The quantitative estimate of drug-likeness (QED) is 0.848. The van der Waals surface area contributed by atoms with Gasteiger partial charge in [0.05, 0.1) is 10.1 Å². The topological polar surface area (TPSA) is 97.5 Å². The van der Waals surface area contributed by atoms with Crippen LogP contribution in [0.1, 0.15) is 17.0 Å². The van der Waals surface area contributed by atoms with Gasteiger partial charge in [-0.05, 0) is 36.8 Å². The molecule has 3 N–H and O–H groups in total. The summed E-state index contributed by atoms with van der Waals surface area (Å²) in [6.45, 7) is 1.51. The van der Waals surface area contributed by atoms with Crippen LogP contribution in [0.5, 0.6) is 0 Å². The highest BCUT2D eigenvalue weighted by atomic mass is 32.2. The second kappa shape index (κ2) is 5.93. The minimum atomic E-state index is -3.91. The van der Waals surface area contributed by atoms with Crippen LogP contribution in [0.25, 0.3) is 0 Å². The molecule has 0 saturated heterocycles. The molecule has 5 nitrogen and oxygen atoms in total. The fraction of sp³-hybridized carbons (Fsp3) is 0.278. The first-order chi connectivity index (χ1) is 11.7. The SMILES string of the molecule is Cc1ccc(S(=O)(=O)[C@@H]2[C@H](c3ccc(F)cc3)[C@@]2(CN)C(=O)O)cc1. The third-order valence-corrected chi connectivity index (χ3v) is 7.20. The number of carboxylic acid groups (broad SMARTS) is 1. The Bertz CT molecular complexity index is 909. The summed E-state index contributed by atoms with van der Waals surface area (Å²) in [4.78, 5) is 12.0. The van der Waals surface area contributed by atoms with E-state index in [2.05, 4.69) is 0 Å². The second-order valence-electron chi connectivity index (χ2n) is 6.36. The number of aryl methyl sites for hydroxylation is 1. The van der Waals surface area contributed by atoms with Crippen molar-refractivity contribution in [3.8, 4) is 0 Å². The zero-order chi connectivity index (χ0) is 18.4. The smallest absolute Gasteiger partial charge is 0.312 e. The molecule has 0 aliphatic heterocycles. The van der Waals surface area contributed by atoms with Crippen molar-refractivity contribution < 1.29 is 22.7 Å². The van der Waals surface area contributed by atoms with Gasteiger partial charge in [0.25, 0.3) is 0 Å². The zero-order valence-corrected chi connectivity index (χ0v) is 14.3. The molecule has 0 aromatic heterocycles. The highest BCUT2D eigenvalue weighted by molar-refractivity contribution is 7.92. The molecule has 2 aromatic carbocycles. The van der Waals surface area contributed by atoms with Crippen LogP contribution < -0.4 is 5.73 Å². The number of hydrogen-bond donors (Lipinski definition) is 2. The van der Waals surface area contributed by atoms with Gasteiger partial charge in [0.15, 0.2) is 9.84 Å². The van der Waals surface area contributed by atoms with Crippen molar-refractivity contribution >= 4 is 15.8 Å². The maximum Gasteiger partial charge on any atom is 0.312 e. The van der Waals surface area contributed by atoms with E-state index in [4.69, 9.17) is 5.73 Å². The van der Waals surface area contributed by atoms with E-state index in [-0.39, 0.29) is 11.4 Å². The van der Waals surface area contributed by atoms with Crippen LogP contribution in [0.15, 0.2) is 53.4 Å². The van der Waals surface area contributed by atoms with Gasteiger partial charge in [0.2, 0.25) is 0 Å². The molecular weight excluding hydrogens is 345 g/mol. The van der Waals surface area contributed by atoms with E-state index in [1.54, 1.807) is 12.1 Å². The van der Waals surface area contributed by atoms with Crippen molar-refractivity contribution in [1.29, 1.82) is 0 Å². The maximum absolute atomic E-state index is 13.2. The van der Waals surface area contributed by atoms with E-state index in [0.717, 1.165) is 5.56 Å². The summed E-state index contributed by atoms with van der Waals surface area (Å²) >= 11 is 0. The van der Waals surface area contributed by atoms with E-state index in [0.29, 0.717) is 5.56 Å². The van der Waals surface area contributed by atoms with E-state index >= 15 is 0 Å². The molecular formula is C18H18FNO4S. The third-order valence-electron chi connectivity index (χ3n) is 4.91. The van der Waals surface area contributed by atoms with Gasteiger partial charge in [-0.1, -0.05) is 29.8 Å². The fourth-order valence-electron chi connectivity index (χ4n) is 3.46. The monoisotopic (exact) mass is 363 g/mol. The lowest BCUT2D eigenvalue weighted by Gasteiger charge is -2.10. The van der Waals surface area contributed by atoms with Gasteiger partial charge < -0.3 is 10.8 Å². The Morgan fingerprint density at radius 3 is 2.20 bits per heavy atom. The van der Waals surface area contributed by atoms with Crippen molar-refractivity contribution in [3.63, 3.8) is 0 Å². The van der Waals surface area contributed by atoms with Crippen molar-refractivity contribution in [2.75, 3.05) is 6.54 Å². The molecule has 0 amide bonds. The molecule has 0 radical (unpaired) electrons. The normalized spacial score (nSPS) is 25.6. The summed E-state index contributed by atoms with van der Waals surface area (Å²) in [7, 11) is -3.91. The predicted molar refractivity (Wildman–Crippen MR) is 90.4 cm³/mol. The molecule has 1 saturated carbocycles. The number of rotatable bonds is 5. The first-order valence-corrected chi connectivity index (χ1v) is 9.29. The Kier molecular flexibility index (Phi) is 4.17. The van der Waals surface area contributed by atoms with Gasteiger partial charge in [0, 0.05) is 12.5 Å². The number of carbonyl (C=O) groups is 1. The average Bonchev–Trinajstić information content (AvgIpc) is 3.27. The minimum absolute atomic E-state index is 0.0618. The van der Waals surface area contributed by atoms with E-state index in [9.17, 15) is 22.7 Å². The molecule has 1 aliphatic rings. The van der Waals surface area contributed by atoms with E-state index in [1.165, 1.54) is 36.4 Å². The molecule has 2 aromatic rings. The van der Waals surface area contributed by atoms with Crippen molar-refractivity contribution in [2.45, 2.75) is 23.0 Å². The molecule has 0 spiro atoms. The predicted octanol–water partition coefficient (Wildman–Crippen LogP) is 2.10. The van der Waals surface area contributed by atoms with Gasteiger partial charge in [-0.15, -0.1) is 0 Å². The van der Waals surface area contributed by atoms with Gasteiger partial charge in [-0.2, -0.15) is 0 Å². The fourth-order valence-corrected chi connectivity index (χ4v) is 5.85. The summed E-state index contributed by atoms with van der Waals surface area (Å²) in [6.07, 6.45) is 0. The first kappa shape index (κ1) is 17.6. The van der Waals surface area contributed by atoms with Crippen molar-refractivity contribution in [2.24, 2.45) is 11.1 Å². The minimum Gasteiger partial charge on any atom is -0.481 e. The van der Waals surface area contributed by atoms with Crippen LogP contribution >= 0.6 is 0 Å². The molecule has 0 bridgehead atoms. The Morgan fingerprint density at radius 2 is 1.72 bits per heavy atom. The van der Waals surface area contributed by atoms with Crippen LogP contribution in [0, 0.1) is 18.2 Å². The number of hydrogen-bond acceptors (Lipinski definition) is 4. The molecule has 25 heavy (non-hydrogen) atoms. The van der Waals surface area contributed by atoms with Crippen LogP contribution in [-0.2, 0) is 14.6 Å². The van der Waals surface area contributed by atoms with Crippen molar-refractivity contribution in [3.05, 3.63) is 65.5 Å². The van der Waals surface area contributed by atoms with Crippen LogP contribution in [-0.4, -0.2) is 31.3 Å². The summed E-state index contributed by atoms with van der Waals surface area (Å²) in [5.74, 6) is -2.55. The molecule has 0 unspecified atom stereocenters. The van der Waals surface area contributed by atoms with Crippen LogP contribution in [0.3, 0.4) is 0 Å². The Hall–Kier alpha value is -2.25. The molecule has 1 aliphatic carbocycles. The number of nitrogens with two attached hydrogens (primary N) is 1. The Labute approximate surface area is 145 Å². The van der Waals surface area contributed by atoms with Gasteiger partial charge in [0.1, 0.15) is 11.2 Å². The van der Waals surface area contributed by atoms with Crippen molar-refractivity contribution in [1.82, 2.24) is 0 Å². The lowest BCUT2D eigenvalue weighted by atomic mass is 9.99. The maximum atomic E-state index is 13.2. The number of sulfone groups is 1. The molecule has 7 heteroatoms. The van der Waals surface area contributed by atoms with Crippen LogP contribution in [0.4, 0.5) is 4.39 Å². The Balaban J connectivity index is 2.10. The number of carboxylic acids is 1. The van der Waals surface area contributed by atoms with E-state index < -0.39 is 38.2 Å². The highest BCUT2D eigenvalue weighted by Gasteiger charge is 2.75. The number of benzene rings is 2. The molecule has 3 atom stereocenters. The molecule has 1 fully saturated rings. The van der Waals surface area contributed by atoms with Gasteiger partial charge in [-0.25, -0.2) is 12.8 Å². The summed E-state index contributed by atoms with van der Waals surface area (Å²) in [6, 6.07) is 11.5. The third kappa shape index (κ3) is 2.63. The van der Waals surface area contributed by atoms with Crippen LogP contribution in [0.2, 0.25) is 0 Å². The number of halogens is 1. The molecule has 3 rings (SSSR count). The highest BCUT2D eigenvalue weighted by Crippen LogP contribution is 2.63. The first-order valence-electron chi connectivity index (χ1n) is 7.74. The number of aliphatic carboxylic acids is 1. The second-order valence-corrected chi connectivity index (χ2v) is 8.43. The lowest BCUT2D eigenvalue weighted by Crippen LogP contribution is -2.31. The van der Waals surface area contributed by atoms with Gasteiger partial charge in [-0.3, -0.25) is 4.79 Å². The molecule has 132 valence electrons. The lowest BCUT2D eigenvalue weighted by molar-refractivity contribution is -0.143. The Morgan fingerprint density at radius 1 is 1.16 bits per heavy atom. The average molecular weight is 363 g/mol. The summed E-state index contributed by atoms with van der Waals surface area (Å²) < 4.78 is 39.3. The molecule has 0 heterocycles.